The molecule has 0 radical (unpaired) electrons. The molecule has 5 nitrogen and oxygen atoms in total. The van der Waals surface area contributed by atoms with Crippen molar-refractivity contribution in [3.05, 3.63) is 28.2 Å². The molecule has 126 valence electrons. The summed E-state index contributed by atoms with van der Waals surface area (Å²) in [7, 11) is 0. The molecule has 0 unspecified atom stereocenters. The molecule has 0 aromatic heterocycles. The van der Waals surface area contributed by atoms with E-state index in [4.69, 9.17) is 23.2 Å². The minimum Gasteiger partial charge on any atom is -0.336 e. The Morgan fingerprint density at radius 1 is 1.26 bits per heavy atom. The van der Waals surface area contributed by atoms with Gasteiger partial charge in [-0.15, -0.1) is 0 Å². The van der Waals surface area contributed by atoms with Crippen LogP contribution >= 0.6 is 23.2 Å². The molecule has 7 heteroatoms. The SMILES string of the molecule is CC(C)NC(=O)N1CCC[C@@H](C(=O)Nc2ccc(Cl)c(Cl)c2)C1. The van der Waals surface area contributed by atoms with E-state index in [-0.39, 0.29) is 23.9 Å². The smallest absolute Gasteiger partial charge is 0.317 e. The number of nitrogens with zero attached hydrogens (tertiary/aromatic N) is 1. The topological polar surface area (TPSA) is 61.4 Å². The lowest BCUT2D eigenvalue weighted by Crippen LogP contribution is -2.49. The average Bonchev–Trinajstić information content (AvgIpc) is 2.50. The molecule has 0 saturated carbocycles. The number of carbonyl (C=O) groups excluding carboxylic acids is 2. The van der Waals surface area contributed by atoms with Crippen molar-refractivity contribution in [2.75, 3.05) is 18.4 Å². The van der Waals surface area contributed by atoms with Gasteiger partial charge < -0.3 is 15.5 Å². The molecule has 0 aliphatic carbocycles. The highest BCUT2D eigenvalue weighted by Crippen LogP contribution is 2.26. The third-order valence-corrected chi connectivity index (χ3v) is 4.42. The summed E-state index contributed by atoms with van der Waals surface area (Å²) in [4.78, 5) is 26.2. The number of carbonyl (C=O) groups is 2. The van der Waals surface area contributed by atoms with Crippen LogP contribution in [-0.4, -0.2) is 36.0 Å². The minimum atomic E-state index is -0.226. The third kappa shape index (κ3) is 5.01. The molecule has 1 aliphatic heterocycles. The zero-order valence-electron chi connectivity index (χ0n) is 13.2. The Bertz CT molecular complexity index is 593. The normalized spacial score (nSPS) is 18.0. The molecule has 1 aromatic carbocycles. The number of nitrogens with one attached hydrogen (secondary N) is 2. The van der Waals surface area contributed by atoms with Crippen LogP contribution in [0, 0.1) is 5.92 Å². The van der Waals surface area contributed by atoms with E-state index in [2.05, 4.69) is 10.6 Å². The van der Waals surface area contributed by atoms with E-state index in [1.165, 1.54) is 0 Å². The van der Waals surface area contributed by atoms with E-state index >= 15 is 0 Å². The van der Waals surface area contributed by atoms with Crippen molar-refractivity contribution in [1.29, 1.82) is 0 Å². The molecule has 1 heterocycles. The van der Waals surface area contributed by atoms with Gasteiger partial charge in [0, 0.05) is 24.8 Å². The molecule has 1 saturated heterocycles. The van der Waals surface area contributed by atoms with Crippen molar-refractivity contribution in [2.45, 2.75) is 32.7 Å². The van der Waals surface area contributed by atoms with Crippen molar-refractivity contribution in [1.82, 2.24) is 10.2 Å². The molecule has 1 atom stereocenters. The highest BCUT2D eigenvalue weighted by atomic mass is 35.5. The van der Waals surface area contributed by atoms with Crippen molar-refractivity contribution in [3.63, 3.8) is 0 Å². The summed E-state index contributed by atoms with van der Waals surface area (Å²) in [6.45, 7) is 4.92. The van der Waals surface area contributed by atoms with Crippen molar-refractivity contribution in [2.24, 2.45) is 5.92 Å². The first kappa shape index (κ1) is 17.9. The second-order valence-corrected chi connectivity index (χ2v) is 6.82. The summed E-state index contributed by atoms with van der Waals surface area (Å²) < 4.78 is 0. The zero-order chi connectivity index (χ0) is 17.0. The summed E-state index contributed by atoms with van der Waals surface area (Å²) >= 11 is 11.8. The van der Waals surface area contributed by atoms with E-state index < -0.39 is 0 Å². The highest BCUT2D eigenvalue weighted by molar-refractivity contribution is 6.42. The van der Waals surface area contributed by atoms with Gasteiger partial charge in [0.2, 0.25) is 5.91 Å². The molecule has 0 spiro atoms. The maximum Gasteiger partial charge on any atom is 0.317 e. The van der Waals surface area contributed by atoms with E-state index in [1.54, 1.807) is 23.1 Å². The molecular weight excluding hydrogens is 337 g/mol. The van der Waals surface area contributed by atoms with Crippen molar-refractivity contribution < 1.29 is 9.59 Å². The van der Waals surface area contributed by atoms with Gasteiger partial charge in [-0.2, -0.15) is 0 Å². The molecule has 3 amide bonds. The Morgan fingerprint density at radius 3 is 2.65 bits per heavy atom. The summed E-state index contributed by atoms with van der Waals surface area (Å²) in [5.41, 5.74) is 0.605. The summed E-state index contributed by atoms with van der Waals surface area (Å²) in [5.74, 6) is -0.332. The van der Waals surface area contributed by atoms with E-state index in [0.717, 1.165) is 12.8 Å². The number of hydrogen-bond donors (Lipinski definition) is 2. The van der Waals surface area contributed by atoms with E-state index in [0.29, 0.717) is 28.8 Å². The van der Waals surface area contributed by atoms with Crippen LogP contribution in [0.5, 0.6) is 0 Å². The summed E-state index contributed by atoms with van der Waals surface area (Å²) in [6, 6.07) is 4.93. The van der Waals surface area contributed by atoms with Crippen LogP contribution in [0.15, 0.2) is 18.2 Å². The van der Waals surface area contributed by atoms with Crippen LogP contribution in [-0.2, 0) is 4.79 Å². The monoisotopic (exact) mass is 357 g/mol. The predicted molar refractivity (Wildman–Crippen MR) is 93.1 cm³/mol. The first-order valence-corrected chi connectivity index (χ1v) is 8.43. The molecule has 1 aliphatic rings. The van der Waals surface area contributed by atoms with Crippen LogP contribution < -0.4 is 10.6 Å². The van der Waals surface area contributed by atoms with Gasteiger partial charge in [-0.05, 0) is 44.9 Å². The molecule has 23 heavy (non-hydrogen) atoms. The first-order valence-electron chi connectivity index (χ1n) is 7.68. The molecule has 0 bridgehead atoms. The first-order chi connectivity index (χ1) is 10.9. The van der Waals surface area contributed by atoms with Crippen LogP contribution in [0.25, 0.3) is 0 Å². The van der Waals surface area contributed by atoms with Gasteiger partial charge in [0.25, 0.3) is 0 Å². The molecule has 1 aromatic rings. The molecule has 2 rings (SSSR count). The third-order valence-electron chi connectivity index (χ3n) is 3.68. The standard InChI is InChI=1S/C16H21Cl2N3O2/c1-10(2)19-16(23)21-7-3-4-11(9-21)15(22)20-12-5-6-13(17)14(18)8-12/h5-6,8,10-11H,3-4,7,9H2,1-2H3,(H,19,23)(H,20,22)/t11-/m1/s1. The van der Waals surface area contributed by atoms with Gasteiger partial charge in [-0.25, -0.2) is 4.79 Å². The minimum absolute atomic E-state index is 0.0768. The number of likely N-dealkylation sites (tertiary alicyclic amines) is 1. The summed E-state index contributed by atoms with van der Waals surface area (Å²) in [6.07, 6.45) is 1.57. The average molecular weight is 358 g/mol. The quantitative estimate of drug-likeness (QED) is 0.864. The number of urea groups is 1. The van der Waals surface area contributed by atoms with Crippen LogP contribution in [0.2, 0.25) is 10.0 Å². The maximum absolute atomic E-state index is 12.4. The fourth-order valence-corrected chi connectivity index (χ4v) is 2.83. The van der Waals surface area contributed by atoms with Gasteiger partial charge in [-0.1, -0.05) is 23.2 Å². The van der Waals surface area contributed by atoms with Crippen LogP contribution in [0.1, 0.15) is 26.7 Å². The number of piperidine rings is 1. The molecule has 1 fully saturated rings. The largest absolute Gasteiger partial charge is 0.336 e. The molecular formula is C16H21Cl2N3O2. The summed E-state index contributed by atoms with van der Waals surface area (Å²) in [5, 5.41) is 6.54. The van der Waals surface area contributed by atoms with Crippen LogP contribution in [0.4, 0.5) is 10.5 Å². The van der Waals surface area contributed by atoms with E-state index in [9.17, 15) is 9.59 Å². The Kier molecular flexibility index (Phi) is 6.13. The number of rotatable bonds is 3. The van der Waals surface area contributed by atoms with Gasteiger partial charge in [0.15, 0.2) is 0 Å². The lowest BCUT2D eigenvalue weighted by Gasteiger charge is -2.32. The highest BCUT2D eigenvalue weighted by Gasteiger charge is 2.28. The second-order valence-electron chi connectivity index (χ2n) is 6.01. The second kappa shape index (κ2) is 7.88. The Morgan fingerprint density at radius 2 is 2.00 bits per heavy atom. The lowest BCUT2D eigenvalue weighted by atomic mass is 9.97. The maximum atomic E-state index is 12.4. The van der Waals surface area contributed by atoms with Gasteiger partial charge >= 0.3 is 6.03 Å². The fraction of sp³-hybridized carbons (Fsp3) is 0.500. The molecule has 2 N–H and O–H groups in total. The van der Waals surface area contributed by atoms with E-state index in [1.807, 2.05) is 13.8 Å². The number of halogens is 2. The Hall–Kier alpha value is -1.46. The number of benzene rings is 1. The lowest BCUT2D eigenvalue weighted by molar-refractivity contribution is -0.121. The van der Waals surface area contributed by atoms with Crippen LogP contribution in [0.3, 0.4) is 0 Å². The predicted octanol–water partition coefficient (Wildman–Crippen LogP) is 3.76. The number of hydrogen-bond acceptors (Lipinski definition) is 2. The van der Waals surface area contributed by atoms with Crippen molar-refractivity contribution in [3.8, 4) is 0 Å². The zero-order valence-corrected chi connectivity index (χ0v) is 14.7. The number of anilines is 1. The van der Waals surface area contributed by atoms with Gasteiger partial charge in [0.1, 0.15) is 0 Å². The fourth-order valence-electron chi connectivity index (χ4n) is 2.53. The van der Waals surface area contributed by atoms with Crippen molar-refractivity contribution >= 4 is 40.8 Å². The van der Waals surface area contributed by atoms with Gasteiger partial charge in [0.05, 0.1) is 16.0 Å². The Balaban J connectivity index is 1.96. The van der Waals surface area contributed by atoms with Gasteiger partial charge in [-0.3, -0.25) is 4.79 Å². The Labute approximate surface area is 146 Å². The number of amides is 3.